The molecule has 0 aliphatic rings. The third-order valence-electron chi connectivity index (χ3n) is 2.68. The van der Waals surface area contributed by atoms with E-state index >= 15 is 0 Å². The van der Waals surface area contributed by atoms with Crippen LogP contribution in [0, 0.1) is 5.92 Å². The van der Waals surface area contributed by atoms with Crippen LogP contribution in [0.2, 0.25) is 0 Å². The van der Waals surface area contributed by atoms with Crippen LogP contribution in [-0.4, -0.2) is 30.4 Å². The lowest BCUT2D eigenvalue weighted by Gasteiger charge is -2.30. The molecular weight excluding hydrogens is 274 g/mol. The van der Waals surface area contributed by atoms with Crippen LogP contribution in [0.15, 0.2) is 24.5 Å². The molecule has 0 radical (unpaired) electrons. The quantitative estimate of drug-likeness (QED) is 0.861. The normalized spacial score (nSPS) is 14.7. The molecule has 0 saturated carbocycles. The van der Waals surface area contributed by atoms with Crippen molar-refractivity contribution in [3.63, 3.8) is 0 Å². The molecule has 1 aromatic heterocycles. The zero-order chi connectivity index (χ0) is 14.7. The van der Waals surface area contributed by atoms with Crippen LogP contribution >= 0.6 is 0 Å². The molecule has 0 bridgehead atoms. The Labute approximate surface area is 105 Å². The van der Waals surface area contributed by atoms with Crippen LogP contribution in [0.3, 0.4) is 0 Å². The Morgan fingerprint density at radius 3 is 1.89 bits per heavy atom. The van der Waals surface area contributed by atoms with Gasteiger partial charge in [-0.15, -0.1) is 0 Å². The van der Waals surface area contributed by atoms with E-state index in [0.29, 0.717) is 5.56 Å². The van der Waals surface area contributed by atoms with Crippen molar-refractivity contribution in [2.45, 2.75) is 24.8 Å². The SMILES string of the molecule is CNC(Cc1ccncc1)C(C(F)(F)F)C(F)(F)F. The van der Waals surface area contributed by atoms with Gasteiger partial charge in [0.1, 0.15) is 0 Å². The van der Waals surface area contributed by atoms with Crippen molar-refractivity contribution in [3.8, 4) is 0 Å². The number of pyridine rings is 1. The van der Waals surface area contributed by atoms with Crippen molar-refractivity contribution < 1.29 is 26.3 Å². The average molecular weight is 286 g/mol. The summed E-state index contributed by atoms with van der Waals surface area (Å²) in [5.41, 5.74) is 0.354. The number of nitrogens with one attached hydrogen (secondary N) is 1. The van der Waals surface area contributed by atoms with E-state index in [4.69, 9.17) is 0 Å². The topological polar surface area (TPSA) is 24.9 Å². The van der Waals surface area contributed by atoms with E-state index in [1.54, 1.807) is 0 Å². The van der Waals surface area contributed by atoms with Crippen molar-refractivity contribution in [2.75, 3.05) is 7.05 Å². The van der Waals surface area contributed by atoms with Crippen molar-refractivity contribution in [1.29, 1.82) is 0 Å². The minimum atomic E-state index is -5.35. The lowest BCUT2D eigenvalue weighted by atomic mass is 9.92. The molecular formula is C11H12F6N2. The standard InChI is InChI=1S/C11H12F6N2/c1-18-8(6-7-2-4-19-5-3-7)9(10(12,13)14)11(15,16)17/h2-5,8-9,18H,6H2,1H3. The molecule has 108 valence electrons. The minimum absolute atomic E-state index is 0.354. The molecule has 0 saturated heterocycles. The third kappa shape index (κ3) is 4.38. The van der Waals surface area contributed by atoms with Crippen molar-refractivity contribution >= 4 is 0 Å². The van der Waals surface area contributed by atoms with E-state index in [2.05, 4.69) is 10.3 Å². The maximum Gasteiger partial charge on any atom is 0.402 e. The molecule has 0 spiro atoms. The minimum Gasteiger partial charge on any atom is -0.316 e. The summed E-state index contributed by atoms with van der Waals surface area (Å²) in [5.74, 6) is -3.40. The number of hydrogen-bond acceptors (Lipinski definition) is 2. The van der Waals surface area contributed by atoms with Gasteiger partial charge >= 0.3 is 12.4 Å². The van der Waals surface area contributed by atoms with Gasteiger partial charge in [-0.2, -0.15) is 26.3 Å². The van der Waals surface area contributed by atoms with Gasteiger partial charge in [-0.3, -0.25) is 4.98 Å². The van der Waals surface area contributed by atoms with Gasteiger partial charge in [-0.05, 0) is 31.2 Å². The van der Waals surface area contributed by atoms with E-state index in [9.17, 15) is 26.3 Å². The highest BCUT2D eigenvalue weighted by molar-refractivity contribution is 5.12. The van der Waals surface area contributed by atoms with E-state index in [1.165, 1.54) is 24.5 Å². The summed E-state index contributed by atoms with van der Waals surface area (Å²) in [6, 6.07) is 0.991. The van der Waals surface area contributed by atoms with Gasteiger partial charge in [0.25, 0.3) is 0 Å². The molecule has 0 aliphatic heterocycles. The molecule has 1 heterocycles. The van der Waals surface area contributed by atoms with Gasteiger partial charge in [0.05, 0.1) is 0 Å². The highest BCUT2D eigenvalue weighted by atomic mass is 19.4. The molecule has 0 aromatic carbocycles. The molecule has 0 amide bonds. The number of halogens is 6. The van der Waals surface area contributed by atoms with Crippen LogP contribution < -0.4 is 5.32 Å². The Morgan fingerprint density at radius 1 is 1.05 bits per heavy atom. The fourth-order valence-corrected chi connectivity index (χ4v) is 1.80. The number of aromatic nitrogens is 1. The summed E-state index contributed by atoms with van der Waals surface area (Å²) in [6.07, 6.45) is -8.45. The van der Waals surface area contributed by atoms with E-state index in [-0.39, 0.29) is 6.42 Å². The van der Waals surface area contributed by atoms with Crippen molar-refractivity contribution in [3.05, 3.63) is 30.1 Å². The Morgan fingerprint density at radius 2 is 1.53 bits per heavy atom. The highest BCUT2D eigenvalue weighted by Gasteiger charge is 2.59. The number of likely N-dealkylation sites (N-methyl/N-ethyl adjacent to an activating group) is 1. The first-order valence-electron chi connectivity index (χ1n) is 5.36. The van der Waals surface area contributed by atoms with Crippen molar-refractivity contribution in [1.82, 2.24) is 10.3 Å². The van der Waals surface area contributed by atoms with Gasteiger partial charge in [0.2, 0.25) is 0 Å². The first-order valence-corrected chi connectivity index (χ1v) is 5.36. The predicted molar refractivity (Wildman–Crippen MR) is 56.4 cm³/mol. The van der Waals surface area contributed by atoms with Gasteiger partial charge in [-0.1, -0.05) is 0 Å². The lowest BCUT2D eigenvalue weighted by molar-refractivity contribution is -0.291. The summed E-state index contributed by atoms with van der Waals surface area (Å²) in [5, 5.41) is 2.10. The molecule has 0 aliphatic carbocycles. The first-order chi connectivity index (χ1) is 8.66. The van der Waals surface area contributed by atoms with Gasteiger partial charge in [0, 0.05) is 18.4 Å². The molecule has 8 heteroatoms. The average Bonchev–Trinajstić information content (AvgIpc) is 2.25. The molecule has 1 rings (SSSR count). The monoisotopic (exact) mass is 286 g/mol. The number of nitrogens with zero attached hydrogens (tertiary/aromatic N) is 1. The molecule has 1 aromatic rings. The molecule has 19 heavy (non-hydrogen) atoms. The second kappa shape index (κ2) is 5.77. The number of rotatable bonds is 4. The van der Waals surface area contributed by atoms with Crippen LogP contribution in [0.4, 0.5) is 26.3 Å². The van der Waals surface area contributed by atoms with Crippen LogP contribution in [-0.2, 0) is 6.42 Å². The summed E-state index contributed by atoms with van der Waals surface area (Å²) >= 11 is 0. The van der Waals surface area contributed by atoms with Gasteiger partial charge < -0.3 is 5.32 Å². The maximum atomic E-state index is 12.6. The summed E-state index contributed by atoms with van der Waals surface area (Å²) in [4.78, 5) is 3.66. The molecule has 1 N–H and O–H groups in total. The first kappa shape index (κ1) is 15.7. The summed E-state index contributed by atoms with van der Waals surface area (Å²) < 4.78 is 75.5. The number of hydrogen-bond donors (Lipinski definition) is 1. The van der Waals surface area contributed by atoms with Crippen LogP contribution in [0.25, 0.3) is 0 Å². The highest BCUT2D eigenvalue weighted by Crippen LogP contribution is 2.41. The molecule has 2 nitrogen and oxygen atoms in total. The third-order valence-corrected chi connectivity index (χ3v) is 2.68. The summed E-state index contributed by atoms with van der Waals surface area (Å²) in [7, 11) is 1.08. The maximum absolute atomic E-state index is 12.6. The fourth-order valence-electron chi connectivity index (χ4n) is 1.80. The molecule has 0 fully saturated rings. The number of alkyl halides is 6. The Balaban J connectivity index is 2.98. The molecule has 1 atom stereocenters. The zero-order valence-electron chi connectivity index (χ0n) is 9.89. The van der Waals surface area contributed by atoms with Gasteiger partial charge in [0.15, 0.2) is 5.92 Å². The van der Waals surface area contributed by atoms with E-state index in [0.717, 1.165) is 7.05 Å². The Bertz CT molecular complexity index is 372. The second-order valence-electron chi connectivity index (χ2n) is 4.02. The lowest BCUT2D eigenvalue weighted by Crippen LogP contribution is -2.51. The fraction of sp³-hybridized carbons (Fsp3) is 0.545. The van der Waals surface area contributed by atoms with E-state index < -0.39 is 24.3 Å². The van der Waals surface area contributed by atoms with Crippen LogP contribution in [0.5, 0.6) is 0 Å². The predicted octanol–water partition coefficient (Wildman–Crippen LogP) is 2.95. The molecule has 1 unspecified atom stereocenters. The smallest absolute Gasteiger partial charge is 0.316 e. The van der Waals surface area contributed by atoms with E-state index in [1.807, 2.05) is 0 Å². The summed E-state index contributed by atoms with van der Waals surface area (Å²) in [6.45, 7) is 0. The largest absolute Gasteiger partial charge is 0.402 e. The van der Waals surface area contributed by atoms with Crippen LogP contribution in [0.1, 0.15) is 5.56 Å². The Hall–Kier alpha value is -1.31. The Kier molecular flexibility index (Phi) is 4.78. The zero-order valence-corrected chi connectivity index (χ0v) is 9.89. The van der Waals surface area contributed by atoms with Gasteiger partial charge in [-0.25, -0.2) is 0 Å². The second-order valence-corrected chi connectivity index (χ2v) is 4.02. The van der Waals surface area contributed by atoms with Crippen molar-refractivity contribution in [2.24, 2.45) is 5.92 Å².